The molecule has 0 bridgehead atoms. The largest absolute Gasteiger partial charge is 0.574 e. The smallest absolute Gasteiger partial charge is 0.496 e. The van der Waals surface area contributed by atoms with Crippen molar-refractivity contribution in [2.45, 2.75) is 18.7 Å². The number of nitriles is 1. The molecule has 98 valence electrons. The van der Waals surface area contributed by atoms with Crippen LogP contribution in [0.5, 0.6) is 11.6 Å². The fraction of sp³-hybridized carbons (Fsp3) is 0.400. The Morgan fingerprint density at radius 3 is 2.61 bits per heavy atom. The molecule has 0 fully saturated rings. The minimum atomic E-state index is -4.90. The highest BCUT2D eigenvalue weighted by atomic mass is 35.5. The number of hydrogen-bond acceptors (Lipinski definition) is 4. The first kappa shape index (κ1) is 14.4. The number of methoxy groups -OCH3 is 1. The van der Waals surface area contributed by atoms with E-state index in [1.165, 1.54) is 13.2 Å². The lowest BCUT2D eigenvalue weighted by atomic mass is 10.1. The fourth-order valence-electron chi connectivity index (χ4n) is 1.26. The summed E-state index contributed by atoms with van der Waals surface area (Å²) in [5.41, 5.74) is 0.0978. The average Bonchev–Trinajstić information content (AvgIpc) is 2.29. The van der Waals surface area contributed by atoms with Crippen LogP contribution in [0.2, 0.25) is 0 Å². The third kappa shape index (κ3) is 3.67. The summed E-state index contributed by atoms with van der Waals surface area (Å²) in [6.07, 6.45) is -5.21. The van der Waals surface area contributed by atoms with Crippen molar-refractivity contribution in [3.05, 3.63) is 17.3 Å². The summed E-state index contributed by atoms with van der Waals surface area (Å²) < 4.78 is 45.3. The molecular weight excluding hydrogens is 273 g/mol. The normalized spacial score (nSPS) is 10.9. The van der Waals surface area contributed by atoms with E-state index in [-0.39, 0.29) is 29.3 Å². The van der Waals surface area contributed by atoms with Crippen LogP contribution in [0.1, 0.15) is 11.3 Å². The van der Waals surface area contributed by atoms with Gasteiger partial charge in [-0.05, 0) is 0 Å². The molecule has 0 spiro atoms. The van der Waals surface area contributed by atoms with Gasteiger partial charge in [0.05, 0.1) is 36.7 Å². The molecule has 0 aliphatic carbocycles. The molecular formula is C10H8ClF3N2O2. The van der Waals surface area contributed by atoms with Gasteiger partial charge in [-0.3, -0.25) is 0 Å². The monoisotopic (exact) mass is 280 g/mol. The Morgan fingerprint density at radius 2 is 2.17 bits per heavy atom. The maximum absolute atomic E-state index is 12.2. The molecule has 0 unspecified atom stereocenters. The first-order chi connectivity index (χ1) is 8.41. The molecule has 1 rings (SSSR count). The molecule has 0 saturated heterocycles. The Bertz CT molecular complexity index is 471. The van der Waals surface area contributed by atoms with E-state index in [0.717, 1.165) is 0 Å². The van der Waals surface area contributed by atoms with Crippen LogP contribution in [0.25, 0.3) is 0 Å². The van der Waals surface area contributed by atoms with Gasteiger partial charge in [0.1, 0.15) is 5.75 Å². The van der Waals surface area contributed by atoms with Gasteiger partial charge in [-0.2, -0.15) is 5.26 Å². The topological polar surface area (TPSA) is 55.1 Å². The quantitative estimate of drug-likeness (QED) is 0.796. The van der Waals surface area contributed by atoms with Crippen molar-refractivity contribution in [1.29, 1.82) is 5.26 Å². The summed E-state index contributed by atoms with van der Waals surface area (Å²) in [5.74, 6) is -0.724. The first-order valence-electron chi connectivity index (χ1n) is 4.66. The maximum Gasteiger partial charge on any atom is 0.574 e. The zero-order valence-corrected chi connectivity index (χ0v) is 9.97. The molecule has 1 aromatic rings. The van der Waals surface area contributed by atoms with E-state index in [4.69, 9.17) is 21.6 Å². The van der Waals surface area contributed by atoms with Gasteiger partial charge in [0.2, 0.25) is 5.88 Å². The number of alkyl halides is 4. The van der Waals surface area contributed by atoms with E-state index in [1.54, 1.807) is 6.07 Å². The molecule has 0 amide bonds. The number of pyridine rings is 1. The van der Waals surface area contributed by atoms with Gasteiger partial charge in [-0.25, -0.2) is 4.98 Å². The molecule has 8 heteroatoms. The summed E-state index contributed by atoms with van der Waals surface area (Å²) in [4.78, 5) is 3.60. The SMILES string of the molecule is COc1cc(CCl)nc(OC(F)(F)F)c1CC#N. The summed E-state index contributed by atoms with van der Waals surface area (Å²) in [7, 11) is 1.27. The standard InChI is InChI=1S/C10H8ClF3N2O2/c1-17-8-4-6(5-11)16-9(7(8)2-3-15)18-10(12,13)14/h4H,2,5H2,1H3. The number of nitrogens with zero attached hydrogens (tertiary/aromatic N) is 2. The highest BCUT2D eigenvalue weighted by Crippen LogP contribution is 2.32. The molecule has 0 radical (unpaired) electrons. The van der Waals surface area contributed by atoms with E-state index in [0.29, 0.717) is 0 Å². The van der Waals surface area contributed by atoms with Crippen molar-refractivity contribution in [3.63, 3.8) is 0 Å². The second-order valence-corrected chi connectivity index (χ2v) is 3.38. The first-order valence-corrected chi connectivity index (χ1v) is 5.20. The Hall–Kier alpha value is -1.68. The van der Waals surface area contributed by atoms with Gasteiger partial charge in [0.25, 0.3) is 0 Å². The van der Waals surface area contributed by atoms with Crippen molar-refractivity contribution in [2.75, 3.05) is 7.11 Å². The van der Waals surface area contributed by atoms with Crippen molar-refractivity contribution < 1.29 is 22.6 Å². The van der Waals surface area contributed by atoms with Crippen LogP contribution >= 0.6 is 11.6 Å². The highest BCUT2D eigenvalue weighted by molar-refractivity contribution is 6.16. The van der Waals surface area contributed by atoms with E-state index >= 15 is 0 Å². The minimum Gasteiger partial charge on any atom is -0.496 e. The van der Waals surface area contributed by atoms with Crippen molar-refractivity contribution in [1.82, 2.24) is 4.98 Å². The number of hydrogen-bond donors (Lipinski definition) is 0. The van der Waals surface area contributed by atoms with Crippen LogP contribution in [0, 0.1) is 11.3 Å². The second kappa shape index (κ2) is 5.78. The molecule has 18 heavy (non-hydrogen) atoms. The van der Waals surface area contributed by atoms with E-state index in [9.17, 15) is 13.2 Å². The molecule has 0 N–H and O–H groups in total. The molecule has 0 aliphatic rings. The lowest BCUT2D eigenvalue weighted by molar-refractivity contribution is -0.276. The maximum atomic E-state index is 12.2. The van der Waals surface area contributed by atoms with Gasteiger partial charge in [-0.15, -0.1) is 24.8 Å². The third-order valence-corrected chi connectivity index (χ3v) is 2.20. The molecule has 0 atom stereocenters. The molecule has 0 aliphatic heterocycles. The molecule has 4 nitrogen and oxygen atoms in total. The number of halogens is 4. The molecule has 0 saturated carbocycles. The Kier molecular flexibility index (Phi) is 4.62. The fourth-order valence-corrected chi connectivity index (χ4v) is 1.40. The zero-order chi connectivity index (χ0) is 13.8. The number of aromatic nitrogens is 1. The molecule has 0 aromatic carbocycles. The predicted molar refractivity (Wildman–Crippen MR) is 56.3 cm³/mol. The second-order valence-electron chi connectivity index (χ2n) is 3.12. The van der Waals surface area contributed by atoms with E-state index in [2.05, 4.69) is 9.72 Å². The van der Waals surface area contributed by atoms with Crippen LogP contribution in [0.3, 0.4) is 0 Å². The van der Waals surface area contributed by atoms with Crippen LogP contribution in [0.15, 0.2) is 6.07 Å². The van der Waals surface area contributed by atoms with Crippen molar-refractivity contribution in [2.24, 2.45) is 0 Å². The molecule has 1 heterocycles. The van der Waals surface area contributed by atoms with E-state index < -0.39 is 12.2 Å². The Balaban J connectivity index is 3.30. The molecule has 1 aromatic heterocycles. The highest BCUT2D eigenvalue weighted by Gasteiger charge is 2.33. The van der Waals surface area contributed by atoms with Gasteiger partial charge < -0.3 is 9.47 Å². The van der Waals surface area contributed by atoms with Crippen LogP contribution < -0.4 is 9.47 Å². The summed E-state index contributed by atoms with van der Waals surface area (Å²) in [6, 6.07) is 3.09. The minimum absolute atomic E-state index is 0.0637. The van der Waals surface area contributed by atoms with Gasteiger partial charge in [-0.1, -0.05) is 0 Å². The predicted octanol–water partition coefficient (Wildman–Crippen LogP) is 2.79. The lowest BCUT2D eigenvalue weighted by Crippen LogP contribution is -2.19. The Morgan fingerprint density at radius 1 is 1.50 bits per heavy atom. The van der Waals surface area contributed by atoms with Crippen LogP contribution in [-0.2, 0) is 12.3 Å². The summed E-state index contributed by atoms with van der Waals surface area (Å²) in [5, 5.41) is 8.59. The lowest BCUT2D eigenvalue weighted by Gasteiger charge is -2.14. The summed E-state index contributed by atoms with van der Waals surface area (Å²) in [6.45, 7) is 0. The average molecular weight is 281 g/mol. The third-order valence-electron chi connectivity index (χ3n) is 1.92. The van der Waals surface area contributed by atoms with Crippen molar-refractivity contribution in [3.8, 4) is 17.7 Å². The van der Waals surface area contributed by atoms with Gasteiger partial charge >= 0.3 is 6.36 Å². The van der Waals surface area contributed by atoms with Crippen LogP contribution in [-0.4, -0.2) is 18.5 Å². The number of rotatable bonds is 4. The Labute approximate surface area is 106 Å². The van der Waals surface area contributed by atoms with Gasteiger partial charge in [0.15, 0.2) is 0 Å². The van der Waals surface area contributed by atoms with Crippen LogP contribution in [0.4, 0.5) is 13.2 Å². The van der Waals surface area contributed by atoms with Gasteiger partial charge in [0, 0.05) is 6.07 Å². The zero-order valence-electron chi connectivity index (χ0n) is 9.21. The van der Waals surface area contributed by atoms with Crippen molar-refractivity contribution >= 4 is 11.6 Å². The van der Waals surface area contributed by atoms with E-state index in [1.807, 2.05) is 0 Å². The summed E-state index contributed by atoms with van der Waals surface area (Å²) >= 11 is 5.51. The number of ether oxygens (including phenoxy) is 2.